The highest BCUT2D eigenvalue weighted by Gasteiger charge is 2.32. The Kier molecular flexibility index (Phi) is 16.8. The number of carbonyl (C=O) groups is 2. The van der Waals surface area contributed by atoms with Crippen LogP contribution in [0, 0.1) is 10.8 Å². The molecule has 8 heteroatoms. The van der Waals surface area contributed by atoms with Crippen LogP contribution in [0.2, 0.25) is 0 Å². The molecule has 214 valence electrons. The molecule has 0 aliphatic carbocycles. The van der Waals surface area contributed by atoms with Crippen molar-refractivity contribution in [1.29, 1.82) is 0 Å². The van der Waals surface area contributed by atoms with Gasteiger partial charge in [0.2, 0.25) is 0 Å². The smallest absolute Gasteiger partial charge is 0.325 e. The van der Waals surface area contributed by atoms with Gasteiger partial charge in [-0.1, -0.05) is 94.3 Å². The summed E-state index contributed by atoms with van der Waals surface area (Å²) in [6, 6.07) is 19.0. The Hall–Kier alpha value is -2.47. The van der Waals surface area contributed by atoms with Crippen LogP contribution < -0.4 is 0 Å². The maximum absolute atomic E-state index is 11.9. The summed E-state index contributed by atoms with van der Waals surface area (Å²) >= 11 is 0. The van der Waals surface area contributed by atoms with Crippen LogP contribution in [0.3, 0.4) is 0 Å². The molecule has 0 fully saturated rings. The molecule has 0 aromatic heterocycles. The summed E-state index contributed by atoms with van der Waals surface area (Å²) in [7, 11) is -3.59. The number of unbranched alkanes of at least 4 members (excludes halogenated alkanes) is 1. The van der Waals surface area contributed by atoms with Crippen LogP contribution in [0.15, 0.2) is 60.7 Å². The van der Waals surface area contributed by atoms with Crippen LogP contribution in [0.1, 0.15) is 78.9 Å². The fraction of sp³-hybridized carbons (Fsp3) is 0.533. The van der Waals surface area contributed by atoms with Crippen molar-refractivity contribution in [3.05, 3.63) is 71.8 Å². The van der Waals surface area contributed by atoms with Crippen molar-refractivity contribution in [3.8, 4) is 0 Å². The normalized spacial score (nSPS) is 12.6. The van der Waals surface area contributed by atoms with Gasteiger partial charge < -0.3 is 18.9 Å². The first-order valence-corrected chi connectivity index (χ1v) is 15.1. The van der Waals surface area contributed by atoms with E-state index in [1.165, 1.54) is 12.8 Å². The maximum Gasteiger partial charge on any atom is 0.325 e. The molecule has 0 aliphatic rings. The van der Waals surface area contributed by atoms with Gasteiger partial charge in [0.25, 0.3) is 0 Å². The van der Waals surface area contributed by atoms with E-state index in [0.717, 1.165) is 24.2 Å². The van der Waals surface area contributed by atoms with Crippen molar-refractivity contribution in [2.75, 3.05) is 13.3 Å². The van der Waals surface area contributed by atoms with Gasteiger partial charge in [-0.3, -0.25) is 14.2 Å². The minimum atomic E-state index is -3.59. The van der Waals surface area contributed by atoms with Gasteiger partial charge in [0, 0.05) is 6.66 Å². The largest absolute Gasteiger partial charge is 0.460 e. The molecule has 2 aromatic carbocycles. The Morgan fingerprint density at radius 1 is 0.737 bits per heavy atom. The summed E-state index contributed by atoms with van der Waals surface area (Å²) < 4.78 is 26.2. The third-order valence-electron chi connectivity index (χ3n) is 5.58. The predicted molar refractivity (Wildman–Crippen MR) is 153 cm³/mol. The zero-order valence-corrected chi connectivity index (χ0v) is 25.3. The number of rotatable bonds is 11. The average Bonchev–Trinajstić information content (AvgIpc) is 2.90. The lowest BCUT2D eigenvalue weighted by atomic mass is 9.91. The van der Waals surface area contributed by atoms with Crippen molar-refractivity contribution in [2.24, 2.45) is 10.8 Å². The van der Waals surface area contributed by atoms with Crippen molar-refractivity contribution in [1.82, 2.24) is 0 Å². The van der Waals surface area contributed by atoms with E-state index >= 15 is 0 Å². The van der Waals surface area contributed by atoms with Crippen molar-refractivity contribution >= 4 is 19.5 Å². The van der Waals surface area contributed by atoms with E-state index in [1.807, 2.05) is 81.4 Å². The van der Waals surface area contributed by atoms with Crippen LogP contribution in [-0.2, 0) is 41.4 Å². The van der Waals surface area contributed by atoms with E-state index in [9.17, 15) is 14.2 Å². The van der Waals surface area contributed by atoms with Crippen molar-refractivity contribution in [2.45, 2.75) is 80.9 Å². The molecular formula is C30H47O7P. The number of hydrogen-bond donors (Lipinski definition) is 1. The van der Waals surface area contributed by atoms with E-state index < -0.39 is 19.0 Å². The summed E-state index contributed by atoms with van der Waals surface area (Å²) in [5.41, 5.74) is 0.562. The lowest BCUT2D eigenvalue weighted by Crippen LogP contribution is -2.31. The van der Waals surface area contributed by atoms with Crippen molar-refractivity contribution < 1.29 is 33.0 Å². The van der Waals surface area contributed by atoms with E-state index in [-0.39, 0.29) is 24.6 Å². The Morgan fingerprint density at radius 3 is 1.42 bits per heavy atom. The molecular weight excluding hydrogens is 503 g/mol. The van der Waals surface area contributed by atoms with Gasteiger partial charge in [0.05, 0.1) is 17.4 Å². The Morgan fingerprint density at radius 2 is 1.11 bits per heavy atom. The molecule has 1 atom stereocenters. The minimum Gasteiger partial charge on any atom is -0.460 e. The number of hydrogen-bond acceptors (Lipinski definition) is 6. The number of ether oxygens (including phenoxy) is 2. The minimum absolute atomic E-state index is 0.131. The molecule has 0 spiro atoms. The third-order valence-corrected chi connectivity index (χ3v) is 6.19. The van der Waals surface area contributed by atoms with Gasteiger partial charge in [-0.05, 0) is 45.2 Å². The first-order chi connectivity index (χ1) is 17.7. The molecule has 7 nitrogen and oxygen atoms in total. The summed E-state index contributed by atoms with van der Waals surface area (Å²) in [5, 5.41) is 0. The molecule has 0 heterocycles. The van der Waals surface area contributed by atoms with Gasteiger partial charge in [0.1, 0.15) is 13.2 Å². The molecule has 2 rings (SSSR count). The average molecular weight is 551 g/mol. The van der Waals surface area contributed by atoms with Gasteiger partial charge in [-0.25, -0.2) is 0 Å². The van der Waals surface area contributed by atoms with E-state index in [0.29, 0.717) is 6.61 Å². The zero-order valence-electron chi connectivity index (χ0n) is 24.4. The highest BCUT2D eigenvalue weighted by Crippen LogP contribution is 2.39. The lowest BCUT2D eigenvalue weighted by Gasteiger charge is -2.23. The third kappa shape index (κ3) is 16.4. The Labute approximate surface area is 229 Å². The molecule has 1 unspecified atom stereocenters. The van der Waals surface area contributed by atoms with Gasteiger partial charge in [-0.2, -0.15) is 0 Å². The highest BCUT2D eigenvalue weighted by molar-refractivity contribution is 7.51. The van der Waals surface area contributed by atoms with Crippen molar-refractivity contribution in [3.63, 3.8) is 0 Å². The second-order valence-corrected chi connectivity index (χ2v) is 12.2. The van der Waals surface area contributed by atoms with Gasteiger partial charge in [0.15, 0.2) is 0 Å². The fourth-order valence-corrected chi connectivity index (χ4v) is 2.88. The first kappa shape index (κ1) is 35.5. The molecule has 0 amide bonds. The van der Waals surface area contributed by atoms with Gasteiger partial charge >= 0.3 is 19.5 Å². The second kappa shape index (κ2) is 17.9. The molecule has 38 heavy (non-hydrogen) atoms. The second-order valence-electron chi connectivity index (χ2n) is 10.3. The fourth-order valence-electron chi connectivity index (χ4n) is 2.32. The van der Waals surface area contributed by atoms with E-state index in [1.54, 1.807) is 13.8 Å². The molecule has 0 aliphatic heterocycles. The predicted octanol–water partition coefficient (Wildman–Crippen LogP) is 7.56. The summed E-state index contributed by atoms with van der Waals surface area (Å²) in [5.74, 6) is -0.598. The zero-order chi connectivity index (χ0) is 29.2. The van der Waals surface area contributed by atoms with Crippen LogP contribution in [0.4, 0.5) is 0 Å². The van der Waals surface area contributed by atoms with Gasteiger partial charge in [-0.15, -0.1) is 0 Å². The number of carbonyl (C=O) groups excluding carboxylic acids is 2. The van der Waals surface area contributed by atoms with Crippen LogP contribution in [0.25, 0.3) is 0 Å². The molecule has 2 aromatic rings. The van der Waals surface area contributed by atoms with Crippen LogP contribution in [-0.4, -0.2) is 30.1 Å². The van der Waals surface area contributed by atoms with Crippen LogP contribution >= 0.6 is 7.60 Å². The quantitative estimate of drug-likeness (QED) is 0.228. The lowest BCUT2D eigenvalue weighted by molar-refractivity contribution is -0.157. The summed E-state index contributed by atoms with van der Waals surface area (Å²) in [6.07, 6.45) is 3.43. The monoisotopic (exact) mass is 550 g/mol. The highest BCUT2D eigenvalue weighted by atomic mass is 31.2. The maximum atomic E-state index is 11.9. The number of esters is 2. The Balaban J connectivity index is 0.000000644. The Bertz CT molecular complexity index is 965. The molecule has 1 N–H and O–H groups in total. The topological polar surface area (TPSA) is 99.1 Å². The molecule has 0 radical (unpaired) electrons. The standard InChI is InChI=1S/C13H19O5P.C13H18O2.C4H10/c1-13(2,10-18-19(3,15)16)12(14)17-9-11-7-5-4-6-8-11;1-4-13(2,3)12(14)15-10-11-8-6-5-7-9-11;1-3-4-2/h4-8H,9-10H2,1-3H3,(H,15,16);5-9H,4,10H2,1-3H3;3-4H2,1-2H3. The van der Waals surface area contributed by atoms with E-state index in [4.69, 9.17) is 18.9 Å². The summed E-state index contributed by atoms with van der Waals surface area (Å²) in [4.78, 5) is 32.6. The molecule has 0 saturated heterocycles. The SMILES string of the molecule is CC(C)(COP(C)(=O)O)C(=O)OCc1ccccc1.CCC(C)(C)C(=O)OCc1ccccc1.CCCC. The van der Waals surface area contributed by atoms with E-state index in [2.05, 4.69) is 13.8 Å². The number of benzene rings is 2. The molecule has 0 saturated carbocycles. The first-order valence-electron chi connectivity index (χ1n) is 13.1. The summed E-state index contributed by atoms with van der Waals surface area (Å²) in [6.45, 7) is 14.8. The molecule has 0 bridgehead atoms. The van der Waals surface area contributed by atoms with Crippen LogP contribution in [0.5, 0.6) is 0 Å².